The summed E-state index contributed by atoms with van der Waals surface area (Å²) in [5, 5.41) is 3.68. The number of benzene rings is 1. The largest absolute Gasteiger partial charge is 0.364 e. The molecule has 27 heavy (non-hydrogen) atoms. The fourth-order valence-electron chi connectivity index (χ4n) is 3.11. The number of rotatable bonds is 8. The standard InChI is InChI=1S/C18H25FN4O3S/c1-21(14-16-2-4-17(19)5-3-16)7-8-22-9-11-23(12-10-22)27(24,25)15-18-6-13-26-20-18/h2-6,13H,7-12,14-15H2,1H3. The van der Waals surface area contributed by atoms with Crippen molar-refractivity contribution in [3.05, 3.63) is 53.7 Å². The molecule has 0 spiro atoms. The van der Waals surface area contributed by atoms with Crippen LogP contribution in [0, 0.1) is 5.82 Å². The Balaban J connectivity index is 1.40. The Morgan fingerprint density at radius 2 is 1.85 bits per heavy atom. The van der Waals surface area contributed by atoms with Gasteiger partial charge in [0.05, 0.1) is 5.69 Å². The van der Waals surface area contributed by atoms with E-state index in [-0.39, 0.29) is 11.6 Å². The summed E-state index contributed by atoms with van der Waals surface area (Å²) >= 11 is 0. The number of hydrogen-bond acceptors (Lipinski definition) is 6. The third kappa shape index (κ3) is 5.83. The first-order valence-corrected chi connectivity index (χ1v) is 10.6. The van der Waals surface area contributed by atoms with Crippen LogP contribution in [0.25, 0.3) is 0 Å². The molecule has 148 valence electrons. The lowest BCUT2D eigenvalue weighted by Gasteiger charge is -2.34. The Hall–Kier alpha value is -1.81. The molecule has 1 aromatic carbocycles. The summed E-state index contributed by atoms with van der Waals surface area (Å²) in [6.07, 6.45) is 1.38. The molecule has 7 nitrogen and oxygen atoms in total. The van der Waals surface area contributed by atoms with E-state index in [4.69, 9.17) is 4.52 Å². The van der Waals surface area contributed by atoms with Crippen LogP contribution in [-0.4, -0.2) is 74.0 Å². The Morgan fingerprint density at radius 3 is 2.48 bits per heavy atom. The van der Waals surface area contributed by atoms with E-state index in [1.807, 2.05) is 7.05 Å². The Kier molecular flexibility index (Phi) is 6.59. The summed E-state index contributed by atoms with van der Waals surface area (Å²) in [5.74, 6) is -0.345. The van der Waals surface area contributed by atoms with Crippen molar-refractivity contribution in [1.29, 1.82) is 0 Å². The van der Waals surface area contributed by atoms with Crippen LogP contribution in [0.2, 0.25) is 0 Å². The van der Waals surface area contributed by atoms with E-state index in [9.17, 15) is 12.8 Å². The smallest absolute Gasteiger partial charge is 0.220 e. The first-order valence-electron chi connectivity index (χ1n) is 8.95. The normalized spacial score (nSPS) is 16.9. The molecule has 0 amide bonds. The molecule has 1 saturated heterocycles. The van der Waals surface area contributed by atoms with E-state index in [0.29, 0.717) is 31.9 Å². The van der Waals surface area contributed by atoms with Gasteiger partial charge in [0.2, 0.25) is 10.0 Å². The van der Waals surface area contributed by atoms with Crippen LogP contribution in [0.5, 0.6) is 0 Å². The van der Waals surface area contributed by atoms with E-state index < -0.39 is 10.0 Å². The highest BCUT2D eigenvalue weighted by Gasteiger charge is 2.27. The fourth-order valence-corrected chi connectivity index (χ4v) is 4.54. The van der Waals surface area contributed by atoms with Crippen LogP contribution in [-0.2, 0) is 22.3 Å². The average molecular weight is 396 g/mol. The molecule has 1 aliphatic rings. The van der Waals surface area contributed by atoms with Crippen LogP contribution in [0.15, 0.2) is 41.1 Å². The van der Waals surface area contributed by atoms with Crippen molar-refractivity contribution in [3.63, 3.8) is 0 Å². The van der Waals surface area contributed by atoms with Crippen LogP contribution in [0.1, 0.15) is 11.3 Å². The van der Waals surface area contributed by atoms with Crippen molar-refractivity contribution >= 4 is 10.0 Å². The highest BCUT2D eigenvalue weighted by atomic mass is 32.2. The third-order valence-corrected chi connectivity index (χ3v) is 6.52. The van der Waals surface area contributed by atoms with Crippen LogP contribution >= 0.6 is 0 Å². The van der Waals surface area contributed by atoms with Crippen LogP contribution < -0.4 is 0 Å². The van der Waals surface area contributed by atoms with Gasteiger partial charge in [-0.1, -0.05) is 17.3 Å². The second-order valence-corrected chi connectivity index (χ2v) is 8.82. The maximum Gasteiger partial charge on any atom is 0.220 e. The van der Waals surface area contributed by atoms with E-state index >= 15 is 0 Å². The second kappa shape index (κ2) is 8.92. The monoisotopic (exact) mass is 396 g/mol. The lowest BCUT2D eigenvalue weighted by atomic mass is 10.2. The maximum absolute atomic E-state index is 13.0. The summed E-state index contributed by atoms with van der Waals surface area (Å²) < 4.78 is 44.1. The molecular formula is C18H25FN4O3S. The van der Waals surface area contributed by atoms with Gasteiger partial charge in [-0.3, -0.25) is 4.90 Å². The van der Waals surface area contributed by atoms with Gasteiger partial charge in [-0.2, -0.15) is 4.31 Å². The van der Waals surface area contributed by atoms with Gasteiger partial charge in [-0.25, -0.2) is 12.8 Å². The first-order chi connectivity index (χ1) is 12.9. The highest BCUT2D eigenvalue weighted by molar-refractivity contribution is 7.88. The zero-order valence-corrected chi connectivity index (χ0v) is 16.2. The molecule has 0 N–H and O–H groups in total. The van der Waals surface area contributed by atoms with Crippen LogP contribution in [0.4, 0.5) is 4.39 Å². The summed E-state index contributed by atoms with van der Waals surface area (Å²) in [4.78, 5) is 4.45. The number of piperazine rings is 1. The number of aromatic nitrogens is 1. The van der Waals surface area contributed by atoms with E-state index in [1.165, 1.54) is 22.7 Å². The van der Waals surface area contributed by atoms with Crippen molar-refractivity contribution < 1.29 is 17.3 Å². The minimum Gasteiger partial charge on any atom is -0.364 e. The molecule has 0 atom stereocenters. The molecule has 0 aliphatic carbocycles. The topological polar surface area (TPSA) is 69.9 Å². The maximum atomic E-state index is 13.0. The van der Waals surface area contributed by atoms with Crippen molar-refractivity contribution in [2.24, 2.45) is 0 Å². The van der Waals surface area contributed by atoms with Gasteiger partial charge >= 0.3 is 0 Å². The van der Waals surface area contributed by atoms with Crippen LogP contribution in [0.3, 0.4) is 0 Å². The molecule has 0 saturated carbocycles. The van der Waals surface area contributed by atoms with Crippen molar-refractivity contribution in [2.75, 3.05) is 46.3 Å². The molecule has 0 unspecified atom stereocenters. The molecule has 0 bridgehead atoms. The van der Waals surface area contributed by atoms with Gasteiger partial charge in [-0.05, 0) is 24.7 Å². The van der Waals surface area contributed by atoms with Gasteiger partial charge in [-0.15, -0.1) is 0 Å². The molecule has 2 aromatic rings. The lowest BCUT2D eigenvalue weighted by Crippen LogP contribution is -2.50. The van der Waals surface area contributed by atoms with E-state index in [2.05, 4.69) is 15.0 Å². The van der Waals surface area contributed by atoms with Crippen molar-refractivity contribution in [2.45, 2.75) is 12.3 Å². The zero-order chi connectivity index (χ0) is 19.3. The molecule has 1 aromatic heterocycles. The predicted molar refractivity (Wildman–Crippen MR) is 99.9 cm³/mol. The second-order valence-electron chi connectivity index (χ2n) is 6.85. The third-order valence-electron chi connectivity index (χ3n) is 4.71. The van der Waals surface area contributed by atoms with Crippen molar-refractivity contribution in [1.82, 2.24) is 19.3 Å². The molecule has 2 heterocycles. The summed E-state index contributed by atoms with van der Waals surface area (Å²) in [5.41, 5.74) is 1.50. The Labute approximate surface area is 159 Å². The molecule has 9 heteroatoms. The zero-order valence-electron chi connectivity index (χ0n) is 15.4. The first kappa shape index (κ1) is 19.9. The van der Waals surface area contributed by atoms with Gasteiger partial charge in [0.1, 0.15) is 17.8 Å². The Morgan fingerprint density at radius 1 is 1.15 bits per heavy atom. The van der Waals surface area contributed by atoms with Gasteiger partial charge in [0.25, 0.3) is 0 Å². The van der Waals surface area contributed by atoms with Gasteiger partial charge < -0.3 is 9.42 Å². The number of nitrogens with zero attached hydrogens (tertiary/aromatic N) is 4. The quantitative estimate of drug-likeness (QED) is 0.672. The minimum atomic E-state index is -3.36. The van der Waals surface area contributed by atoms with Gasteiger partial charge in [0, 0.05) is 51.9 Å². The SMILES string of the molecule is CN(CCN1CCN(S(=O)(=O)Cc2ccon2)CC1)Cc1ccc(F)cc1. The van der Waals surface area contributed by atoms with Gasteiger partial charge in [0.15, 0.2) is 0 Å². The average Bonchev–Trinajstić information content (AvgIpc) is 3.14. The fraction of sp³-hybridized carbons (Fsp3) is 0.500. The number of halogens is 1. The molecule has 1 fully saturated rings. The molecule has 3 rings (SSSR count). The summed E-state index contributed by atoms with van der Waals surface area (Å²) in [6, 6.07) is 8.11. The van der Waals surface area contributed by atoms with Crippen molar-refractivity contribution in [3.8, 4) is 0 Å². The highest BCUT2D eigenvalue weighted by Crippen LogP contribution is 2.13. The van der Waals surface area contributed by atoms with E-state index in [1.54, 1.807) is 18.2 Å². The summed E-state index contributed by atoms with van der Waals surface area (Å²) in [7, 11) is -1.33. The number of likely N-dealkylation sites (N-methyl/N-ethyl adjacent to an activating group) is 1. The number of hydrogen-bond donors (Lipinski definition) is 0. The lowest BCUT2D eigenvalue weighted by molar-refractivity contribution is 0.166. The van der Waals surface area contributed by atoms with E-state index in [0.717, 1.165) is 25.2 Å². The minimum absolute atomic E-state index is 0.121. The molecule has 0 radical (unpaired) electrons. The molecular weight excluding hydrogens is 371 g/mol. The Bertz CT molecular complexity index is 804. The number of sulfonamides is 1. The molecule has 1 aliphatic heterocycles. The summed E-state index contributed by atoms with van der Waals surface area (Å²) in [6.45, 7) is 4.89. The predicted octanol–water partition coefficient (Wildman–Crippen LogP) is 1.39.